The van der Waals surface area contributed by atoms with Gasteiger partial charge in [0.05, 0.1) is 35.9 Å². The van der Waals surface area contributed by atoms with Crippen molar-refractivity contribution < 1.29 is 135 Å². The van der Waals surface area contributed by atoms with Gasteiger partial charge in [-0.2, -0.15) is 0 Å². The van der Waals surface area contributed by atoms with Crippen LogP contribution in [0.25, 0.3) is 50.8 Å². The fourth-order valence-electron chi connectivity index (χ4n) is 17.6. The summed E-state index contributed by atoms with van der Waals surface area (Å²) in [7, 11) is 0. The molecular weight excluding hydrogens is 2030 g/mol. The lowest BCUT2D eigenvalue weighted by atomic mass is 9.86. The fraction of sp³-hybridized carbons (Fsp3) is 0.412. The summed E-state index contributed by atoms with van der Waals surface area (Å²) in [6.45, 7) is 12.9. The number of imide groups is 4. The van der Waals surface area contributed by atoms with E-state index in [1.807, 2.05) is 24.3 Å². The third-order valence-electron chi connectivity index (χ3n) is 25.4. The molecule has 4 aromatic heterocycles. The van der Waals surface area contributed by atoms with Crippen LogP contribution in [-0.4, -0.2) is 283 Å². The molecule has 0 radical (unpaired) electrons. The Kier molecular flexibility index (Phi) is 37.6. The van der Waals surface area contributed by atoms with Crippen LogP contribution < -0.4 is 63.8 Å². The van der Waals surface area contributed by atoms with Crippen molar-refractivity contribution in [3.05, 3.63) is 151 Å². The number of benzene rings is 4. The van der Waals surface area contributed by atoms with Gasteiger partial charge in [-0.15, -0.1) is 45.3 Å². The first-order chi connectivity index (χ1) is 71.2. The smallest absolute Gasteiger partial charge is 0.326 e. The van der Waals surface area contributed by atoms with Gasteiger partial charge in [0, 0.05) is 134 Å². The molecule has 16 N–H and O–H groups in total. The maximum atomic E-state index is 14.5. The van der Waals surface area contributed by atoms with Gasteiger partial charge in [0.15, 0.2) is 0 Å². The number of hydrogen-bond acceptors (Lipinski definition) is 28. The van der Waals surface area contributed by atoms with Gasteiger partial charge in [-0.25, -0.2) is 9.59 Å². The molecule has 44 nitrogen and oxygen atoms in total. The predicted molar refractivity (Wildman–Crippen MR) is 546 cm³/mol. The summed E-state index contributed by atoms with van der Waals surface area (Å²) in [5, 5.41) is 68.9. The van der Waals surface area contributed by atoms with Crippen molar-refractivity contribution in [1.82, 2.24) is 83.4 Å². The molecule has 0 saturated carbocycles. The molecule has 4 aromatic carbocycles. The number of aliphatic carboxylic acids is 4. The molecule has 794 valence electrons. The predicted octanol–water partition coefficient (Wildman–Crippen LogP) is 6.28. The first-order valence-electron chi connectivity index (χ1n) is 48.7. The van der Waals surface area contributed by atoms with Crippen LogP contribution in [0.5, 0.6) is 0 Å². The molecule has 12 rings (SSSR count). The number of unbranched alkanes of at least 4 members (excludes halogenated alkanes) is 2. The standard InChI is InChI=1S/C102H114N16O28S4/c1-11-39-115-93(135)51-19-23-55-79-56(24-20-52(77(51)79)94(115)136)98(140)117(97(55)139)41-15-13-17-59(85(127)111-81(47(3)4)91(133)109-61(27-37-75(123)124)87(129)113-83(49(7)8)101(143)144)107-73(121)45-103-71(119)43-105-89(131)69-35-33-67(149-69)65-31-29-63(147-65)64-30-32-66(148-64)68-34-36-70(150-68)90(132)106-44-72(120)104-46-74(122)108-60(86(128)112-82(48(5)6)92(134)110-62(28-38-76(125)126)88(130)114-84(50(9)10)102(145)146)18-14-16-42-118-99(141)57-25-21-53-78-54(22-26-58(80(57)78)100(118)142)96(138)116(40-12-2)95(53)137/h19-26,29-36,47-50,59-62,81-84H,11-18,27-28,37-46H2,1-10H3,(H,103,119)(H,104,120)(H,105,131)(H,106,132)(H,107,121)(H,108,122)(H,109,133)(H,110,134)(H,111,127)(H,112,128)(H,113,129)(H,114,130)(H,123,124)(H,125,126)(H,143,144)(H,145,146)/t59-,60-,61-,62-,81-,82-,83-,84-/m0/s1. The summed E-state index contributed by atoms with van der Waals surface area (Å²) >= 11 is 5.07. The lowest BCUT2D eigenvalue weighted by Crippen LogP contribution is -2.59. The van der Waals surface area contributed by atoms with Crippen LogP contribution >= 0.6 is 45.3 Å². The molecule has 150 heavy (non-hydrogen) atoms. The lowest BCUT2D eigenvalue weighted by molar-refractivity contribution is -0.144. The summed E-state index contributed by atoms with van der Waals surface area (Å²) in [5.74, 6) is -24.3. The molecule has 4 aliphatic rings. The molecule has 4 aliphatic heterocycles. The minimum atomic E-state index is -1.61. The molecule has 0 fully saturated rings. The van der Waals surface area contributed by atoms with E-state index in [1.54, 1.807) is 38.1 Å². The largest absolute Gasteiger partial charge is 0.481 e. The number of nitrogens with zero attached hydrogens (tertiary/aromatic N) is 4. The Bertz CT molecular complexity index is 6250. The van der Waals surface area contributed by atoms with Crippen molar-refractivity contribution in [3.63, 3.8) is 0 Å². The normalized spacial score (nSPS) is 14.7. The van der Waals surface area contributed by atoms with E-state index in [-0.39, 0.29) is 141 Å². The first kappa shape index (κ1) is 113. The number of rotatable bonds is 53. The monoisotopic (exact) mass is 2140 g/mol. The van der Waals surface area contributed by atoms with Gasteiger partial charge in [0.1, 0.15) is 48.3 Å². The molecule has 0 aliphatic carbocycles. The minimum Gasteiger partial charge on any atom is -0.481 e. The Morgan fingerprint density at radius 2 is 0.507 bits per heavy atom. The topological polar surface area (TPSA) is 648 Å². The van der Waals surface area contributed by atoms with Crippen LogP contribution in [0.1, 0.15) is 248 Å². The number of carbonyl (C=O) groups excluding carboxylic acids is 20. The second-order valence-corrected chi connectivity index (χ2v) is 41.9. The van der Waals surface area contributed by atoms with Crippen LogP contribution in [-0.2, 0) is 67.1 Å². The van der Waals surface area contributed by atoms with Gasteiger partial charge in [-0.3, -0.25) is 125 Å². The highest BCUT2D eigenvalue weighted by molar-refractivity contribution is 7.29. The number of nitrogens with one attached hydrogen (secondary N) is 12. The lowest BCUT2D eigenvalue weighted by Gasteiger charge is -2.32. The molecule has 0 spiro atoms. The highest BCUT2D eigenvalue weighted by Crippen LogP contribution is 2.45. The fourth-order valence-corrected chi connectivity index (χ4v) is 21.7. The van der Waals surface area contributed by atoms with Crippen LogP contribution in [0.3, 0.4) is 0 Å². The number of carboxylic acids is 4. The third-order valence-corrected chi connectivity index (χ3v) is 30.3. The van der Waals surface area contributed by atoms with Gasteiger partial charge in [0.25, 0.3) is 59.1 Å². The van der Waals surface area contributed by atoms with Crippen molar-refractivity contribution in [1.29, 1.82) is 0 Å². The van der Waals surface area contributed by atoms with Crippen molar-refractivity contribution in [2.75, 3.05) is 52.4 Å². The number of thiophene rings is 4. The maximum absolute atomic E-state index is 14.5. The van der Waals surface area contributed by atoms with Crippen LogP contribution in [0, 0.1) is 23.7 Å². The Labute approximate surface area is 873 Å². The number of carbonyl (C=O) groups is 24. The molecule has 0 saturated heterocycles. The van der Waals surface area contributed by atoms with Gasteiger partial charge in [-0.05, 0) is 185 Å². The highest BCUT2D eigenvalue weighted by Gasteiger charge is 2.45. The second-order valence-electron chi connectivity index (χ2n) is 37.6. The Balaban J connectivity index is 0.632. The molecular formula is C102H114N16O28S4. The van der Waals surface area contributed by atoms with E-state index in [2.05, 4.69) is 63.8 Å². The maximum Gasteiger partial charge on any atom is 0.326 e. The zero-order valence-corrected chi connectivity index (χ0v) is 86.6. The summed E-state index contributed by atoms with van der Waals surface area (Å²) in [5.41, 5.74) is 0.857. The summed E-state index contributed by atoms with van der Waals surface area (Å²) in [6, 6.07) is 13.3. The van der Waals surface area contributed by atoms with Crippen LogP contribution in [0.15, 0.2) is 97.1 Å². The number of hydrogen-bond donors (Lipinski definition) is 16. The Morgan fingerprint density at radius 3 is 0.760 bits per heavy atom. The van der Waals surface area contributed by atoms with Crippen molar-refractivity contribution >= 4 is 209 Å². The summed E-state index contributed by atoms with van der Waals surface area (Å²) in [6.07, 6.45) is -1.70. The second kappa shape index (κ2) is 49.9. The Hall–Kier alpha value is -15.7. The highest BCUT2D eigenvalue weighted by atomic mass is 32.1. The average Bonchev–Trinajstić information content (AvgIpc) is 0.797. The van der Waals surface area contributed by atoms with E-state index < -0.39 is 266 Å². The zero-order chi connectivity index (χ0) is 109. The van der Waals surface area contributed by atoms with E-state index in [1.165, 1.54) is 127 Å². The molecule has 48 heteroatoms. The third kappa shape index (κ3) is 26.3. The van der Waals surface area contributed by atoms with Crippen molar-refractivity contribution in [2.45, 2.75) is 195 Å². The quantitative estimate of drug-likeness (QED) is 0.0147. The van der Waals surface area contributed by atoms with E-state index >= 15 is 0 Å². The van der Waals surface area contributed by atoms with Crippen molar-refractivity contribution in [3.8, 4) is 29.3 Å². The van der Waals surface area contributed by atoms with Gasteiger partial charge in [-0.1, -0.05) is 69.2 Å². The first-order valence-corrected chi connectivity index (χ1v) is 51.9. The average molecular weight is 2140 g/mol. The van der Waals surface area contributed by atoms with E-state index in [4.69, 9.17) is 0 Å². The SMILES string of the molecule is CCCN1C(=O)c2ccc3c4c(ccc(c24)C1=O)C(=O)N(CCCC[C@H](NC(=O)CNC(=O)CNC(=O)c1ccc(-c2ccc(-c4ccc(-c5ccc(C(=O)NCC(=O)NCC(=O)N[C@@H](CCCCN6C(=O)c7ccc8c9c(ccc(c79)C6=O)C(=O)N(CCC)C8=O)C(=O)N[C@H](C(=O)N[C@@H](CCC(=O)O)C(=O)N[C@H](C(=O)O)C(C)C)C(C)C)s5)s4)s2)s1)C(=O)N[C@H](C(=O)N[C@@H](CCC(=O)O)C(=O)N[C@H](C(=O)O)C(C)C)C(C)C)C3=O. The van der Waals surface area contributed by atoms with Gasteiger partial charge in [0.2, 0.25) is 59.1 Å². The molecule has 0 unspecified atom stereocenters. The number of carboxylic acid groups (broad SMARTS) is 4. The van der Waals surface area contributed by atoms with Crippen molar-refractivity contribution in [2.24, 2.45) is 23.7 Å². The van der Waals surface area contributed by atoms with Gasteiger partial charge < -0.3 is 84.2 Å². The van der Waals surface area contributed by atoms with E-state index in [0.717, 1.165) is 61.8 Å². The molecule has 8 heterocycles. The van der Waals surface area contributed by atoms with E-state index in [0.29, 0.717) is 22.6 Å². The molecule has 20 amide bonds. The summed E-state index contributed by atoms with van der Waals surface area (Å²) in [4.78, 5) is 334. The molecule has 0 bridgehead atoms. The zero-order valence-electron chi connectivity index (χ0n) is 83.3. The van der Waals surface area contributed by atoms with Crippen LogP contribution in [0.4, 0.5) is 0 Å². The number of amides is 20. The van der Waals surface area contributed by atoms with E-state index in [9.17, 15) is 135 Å². The molecule has 8 atom stereocenters. The minimum absolute atomic E-state index is 0.00558. The van der Waals surface area contributed by atoms with Crippen LogP contribution in [0.2, 0.25) is 0 Å². The molecule has 8 aromatic rings. The Morgan fingerprint density at radius 1 is 0.267 bits per heavy atom. The van der Waals surface area contributed by atoms with Gasteiger partial charge >= 0.3 is 23.9 Å². The summed E-state index contributed by atoms with van der Waals surface area (Å²) < 4.78 is 0.